The molecule has 2 aromatic rings. The first-order chi connectivity index (χ1) is 12.4. The van der Waals surface area contributed by atoms with E-state index in [1.54, 1.807) is 9.80 Å². The van der Waals surface area contributed by atoms with Gasteiger partial charge in [-0.25, -0.2) is 4.39 Å². The van der Waals surface area contributed by atoms with Gasteiger partial charge in [0.1, 0.15) is 5.82 Å². The van der Waals surface area contributed by atoms with Gasteiger partial charge in [0.2, 0.25) is 5.91 Å². The number of hydrogen-bond donors (Lipinski definition) is 0. The summed E-state index contributed by atoms with van der Waals surface area (Å²) in [5, 5.41) is 0.101. The van der Waals surface area contributed by atoms with Crippen molar-refractivity contribution in [1.82, 2.24) is 9.80 Å². The molecule has 0 aliphatic carbocycles. The molecule has 1 fully saturated rings. The molecule has 0 atom stereocenters. The van der Waals surface area contributed by atoms with Gasteiger partial charge in [-0.05, 0) is 35.9 Å². The maximum absolute atomic E-state index is 13.1. The van der Waals surface area contributed by atoms with E-state index >= 15 is 0 Å². The average Bonchev–Trinajstić information content (AvgIpc) is 2.63. The van der Waals surface area contributed by atoms with Gasteiger partial charge in [0.25, 0.3) is 5.91 Å². The van der Waals surface area contributed by atoms with Crippen molar-refractivity contribution in [1.29, 1.82) is 0 Å². The molecule has 1 aliphatic heterocycles. The number of carbonyl (C=O) groups is 2. The fourth-order valence-corrected chi connectivity index (χ4v) is 3.39. The van der Waals surface area contributed by atoms with Gasteiger partial charge in [0.05, 0.1) is 17.0 Å². The van der Waals surface area contributed by atoms with Crippen molar-refractivity contribution >= 4 is 39.3 Å². The highest BCUT2D eigenvalue weighted by atomic mass is 79.9. The SMILES string of the molecule is O=C(Cc1ccc(Br)cc1)N1CCN(C(=O)c2ccc(F)cc2Cl)CC1. The number of halogens is 3. The van der Waals surface area contributed by atoms with Crippen molar-refractivity contribution in [3.8, 4) is 0 Å². The van der Waals surface area contributed by atoms with Crippen molar-refractivity contribution in [2.75, 3.05) is 26.2 Å². The Bertz CT molecular complexity index is 821. The number of benzene rings is 2. The Morgan fingerprint density at radius 3 is 2.23 bits per heavy atom. The van der Waals surface area contributed by atoms with E-state index in [1.165, 1.54) is 12.1 Å². The summed E-state index contributed by atoms with van der Waals surface area (Å²) in [5.74, 6) is -0.677. The number of nitrogens with zero attached hydrogens (tertiary/aromatic N) is 2. The maximum Gasteiger partial charge on any atom is 0.255 e. The van der Waals surface area contributed by atoms with E-state index in [0.717, 1.165) is 16.1 Å². The monoisotopic (exact) mass is 438 g/mol. The molecule has 0 unspecified atom stereocenters. The lowest BCUT2D eigenvalue weighted by molar-refractivity contribution is -0.131. The Kier molecular flexibility index (Phi) is 5.94. The van der Waals surface area contributed by atoms with Gasteiger partial charge in [-0.15, -0.1) is 0 Å². The molecule has 2 aromatic carbocycles. The summed E-state index contributed by atoms with van der Waals surface area (Å²) >= 11 is 9.34. The Morgan fingerprint density at radius 2 is 1.62 bits per heavy atom. The second-order valence-corrected chi connectivity index (χ2v) is 7.42. The first kappa shape index (κ1) is 18.9. The predicted octanol–water partition coefficient (Wildman–Crippen LogP) is 3.77. The molecule has 0 bridgehead atoms. The van der Waals surface area contributed by atoms with Crippen LogP contribution in [0.4, 0.5) is 4.39 Å². The van der Waals surface area contributed by atoms with E-state index in [1.807, 2.05) is 24.3 Å². The first-order valence-electron chi connectivity index (χ1n) is 8.20. The second kappa shape index (κ2) is 8.18. The van der Waals surface area contributed by atoms with Crippen LogP contribution in [0.2, 0.25) is 5.02 Å². The van der Waals surface area contributed by atoms with E-state index in [9.17, 15) is 14.0 Å². The van der Waals surface area contributed by atoms with E-state index in [0.29, 0.717) is 32.6 Å². The molecule has 0 aromatic heterocycles. The molecule has 26 heavy (non-hydrogen) atoms. The fourth-order valence-electron chi connectivity index (χ4n) is 2.88. The molecule has 0 spiro atoms. The number of rotatable bonds is 3. The highest BCUT2D eigenvalue weighted by molar-refractivity contribution is 9.10. The smallest absolute Gasteiger partial charge is 0.255 e. The molecule has 1 aliphatic rings. The van der Waals surface area contributed by atoms with E-state index in [-0.39, 0.29) is 22.4 Å². The van der Waals surface area contributed by atoms with Crippen molar-refractivity contribution in [2.45, 2.75) is 6.42 Å². The van der Waals surface area contributed by atoms with Crippen molar-refractivity contribution in [3.63, 3.8) is 0 Å². The Morgan fingerprint density at radius 1 is 1.00 bits per heavy atom. The summed E-state index contributed by atoms with van der Waals surface area (Å²) in [5.41, 5.74) is 1.23. The van der Waals surface area contributed by atoms with Crippen LogP contribution in [0.1, 0.15) is 15.9 Å². The van der Waals surface area contributed by atoms with Gasteiger partial charge in [0.15, 0.2) is 0 Å². The largest absolute Gasteiger partial charge is 0.339 e. The molecule has 0 radical (unpaired) electrons. The highest BCUT2D eigenvalue weighted by Crippen LogP contribution is 2.20. The minimum Gasteiger partial charge on any atom is -0.339 e. The molecule has 7 heteroatoms. The number of amides is 2. The normalized spacial score (nSPS) is 14.4. The maximum atomic E-state index is 13.1. The summed E-state index contributed by atoms with van der Waals surface area (Å²) in [4.78, 5) is 28.4. The van der Waals surface area contributed by atoms with Gasteiger partial charge < -0.3 is 9.80 Å². The second-order valence-electron chi connectivity index (χ2n) is 6.10. The van der Waals surface area contributed by atoms with Crippen LogP contribution in [0.5, 0.6) is 0 Å². The highest BCUT2D eigenvalue weighted by Gasteiger charge is 2.26. The minimum atomic E-state index is -0.477. The molecule has 0 N–H and O–H groups in total. The van der Waals surface area contributed by atoms with Crippen molar-refractivity contribution in [3.05, 3.63) is 68.9 Å². The minimum absolute atomic E-state index is 0.0410. The van der Waals surface area contributed by atoms with Crippen molar-refractivity contribution < 1.29 is 14.0 Å². The third-order valence-electron chi connectivity index (χ3n) is 4.35. The topological polar surface area (TPSA) is 40.6 Å². The quantitative estimate of drug-likeness (QED) is 0.730. The third kappa shape index (κ3) is 4.43. The van der Waals surface area contributed by atoms with Gasteiger partial charge in [0, 0.05) is 30.7 Å². The molecular weight excluding hydrogens is 423 g/mol. The molecule has 0 saturated carbocycles. The van der Waals surface area contributed by atoms with Crippen LogP contribution in [0, 0.1) is 5.82 Å². The van der Waals surface area contributed by atoms with Crippen LogP contribution < -0.4 is 0 Å². The molecule has 1 heterocycles. The number of piperazine rings is 1. The van der Waals surface area contributed by atoms with E-state index < -0.39 is 5.82 Å². The van der Waals surface area contributed by atoms with Gasteiger partial charge in [-0.2, -0.15) is 0 Å². The molecule has 1 saturated heterocycles. The van der Waals surface area contributed by atoms with Gasteiger partial charge >= 0.3 is 0 Å². The average molecular weight is 440 g/mol. The molecule has 4 nitrogen and oxygen atoms in total. The molecule has 136 valence electrons. The van der Waals surface area contributed by atoms with Gasteiger partial charge in [-0.1, -0.05) is 39.7 Å². The van der Waals surface area contributed by atoms with Crippen LogP contribution in [0.15, 0.2) is 46.9 Å². The van der Waals surface area contributed by atoms with E-state index in [4.69, 9.17) is 11.6 Å². The number of carbonyl (C=O) groups excluding carboxylic acids is 2. The summed E-state index contributed by atoms with van der Waals surface area (Å²) < 4.78 is 14.1. The van der Waals surface area contributed by atoms with Crippen molar-refractivity contribution in [2.24, 2.45) is 0 Å². The first-order valence-corrected chi connectivity index (χ1v) is 9.37. The van der Waals surface area contributed by atoms with Crippen LogP contribution >= 0.6 is 27.5 Å². The summed E-state index contributed by atoms with van der Waals surface area (Å²) in [6.45, 7) is 1.80. The van der Waals surface area contributed by atoms with Crippen LogP contribution in [0.3, 0.4) is 0 Å². The lowest BCUT2D eigenvalue weighted by atomic mass is 10.1. The van der Waals surface area contributed by atoms with Gasteiger partial charge in [-0.3, -0.25) is 9.59 Å². The molecule has 3 rings (SSSR count). The zero-order valence-corrected chi connectivity index (χ0v) is 16.3. The zero-order valence-electron chi connectivity index (χ0n) is 13.9. The van der Waals surface area contributed by atoms with Crippen LogP contribution in [-0.4, -0.2) is 47.8 Å². The number of hydrogen-bond acceptors (Lipinski definition) is 2. The Balaban J connectivity index is 1.57. The summed E-state index contributed by atoms with van der Waals surface area (Å²) in [7, 11) is 0. The van der Waals surface area contributed by atoms with Crippen LogP contribution in [-0.2, 0) is 11.2 Å². The molecule has 2 amide bonds. The lowest BCUT2D eigenvalue weighted by Crippen LogP contribution is -2.51. The predicted molar refractivity (Wildman–Crippen MR) is 102 cm³/mol. The fraction of sp³-hybridized carbons (Fsp3) is 0.263. The lowest BCUT2D eigenvalue weighted by Gasteiger charge is -2.35. The van der Waals surface area contributed by atoms with E-state index in [2.05, 4.69) is 15.9 Å². The Labute approximate surface area is 164 Å². The zero-order chi connectivity index (χ0) is 18.7. The Hall–Kier alpha value is -1.92. The standard InChI is InChI=1S/C19H17BrClFN2O2/c20-14-3-1-13(2-4-14)11-18(25)23-7-9-24(10-8-23)19(26)16-6-5-15(22)12-17(16)21/h1-6,12H,7-11H2. The summed E-state index contributed by atoms with van der Waals surface area (Å²) in [6.07, 6.45) is 0.338. The summed E-state index contributed by atoms with van der Waals surface area (Å²) in [6, 6.07) is 11.4. The van der Waals surface area contributed by atoms with Crippen LogP contribution in [0.25, 0.3) is 0 Å². The third-order valence-corrected chi connectivity index (χ3v) is 5.19. The molecular formula is C19H17BrClFN2O2.